The zero-order chi connectivity index (χ0) is 54.8. The number of aliphatic hydroxyl groups is 11. The van der Waals surface area contributed by atoms with Crippen molar-refractivity contribution in [3.8, 4) is 0 Å². The number of allylic oxidation sites excluding steroid dienone is 3. The van der Waals surface area contributed by atoms with Crippen molar-refractivity contribution < 1.29 is 89.4 Å². The molecule has 19 heteroatoms. The maximum Gasteiger partial charge on any atom is 0.217 e. The lowest BCUT2D eigenvalue weighted by atomic mass is 9.96. The van der Waals surface area contributed by atoms with Crippen molar-refractivity contribution in [3.63, 3.8) is 0 Å². The van der Waals surface area contributed by atoms with Crippen LogP contribution < -0.4 is 5.32 Å². The molecule has 1 amide bonds. The Bertz CT molecular complexity index is 1480. The Morgan fingerprint density at radius 1 is 0.467 bits per heavy atom. The zero-order valence-electron chi connectivity index (χ0n) is 45.5. The molecule has 3 aliphatic heterocycles. The molecule has 440 valence electrons. The van der Waals surface area contributed by atoms with Crippen molar-refractivity contribution >= 4 is 5.91 Å². The predicted octanol–water partition coefficient (Wildman–Crippen LogP) is 4.37. The van der Waals surface area contributed by atoms with E-state index >= 15 is 0 Å². The number of ether oxygens (including phenoxy) is 6. The van der Waals surface area contributed by atoms with Crippen molar-refractivity contribution in [1.29, 1.82) is 0 Å². The molecule has 3 rings (SSSR count). The van der Waals surface area contributed by atoms with Gasteiger partial charge in [0.2, 0.25) is 5.91 Å². The molecule has 0 bridgehead atoms. The number of carbonyl (C=O) groups is 1. The molecule has 19 nitrogen and oxygen atoms in total. The number of unbranched alkanes of at least 4 members (excludes halogenated alkanes) is 26. The number of hydrogen-bond donors (Lipinski definition) is 12. The Kier molecular flexibility index (Phi) is 36.4. The number of aliphatic hydroxyl groups excluding tert-OH is 11. The molecule has 3 saturated heterocycles. The summed E-state index contributed by atoms with van der Waals surface area (Å²) in [5.74, 6) is -0.461. The highest BCUT2D eigenvalue weighted by atomic mass is 16.8. The van der Waals surface area contributed by atoms with E-state index < -0.39 is 130 Å². The molecular formula is C56H103NO18. The van der Waals surface area contributed by atoms with E-state index in [1.54, 1.807) is 6.08 Å². The highest BCUT2D eigenvalue weighted by Crippen LogP contribution is 2.33. The third-order valence-electron chi connectivity index (χ3n) is 14.8. The Hall–Kier alpha value is -1.73. The maximum atomic E-state index is 12.1. The Balaban J connectivity index is 1.25. The van der Waals surface area contributed by atoms with Crippen LogP contribution in [0.3, 0.4) is 0 Å². The van der Waals surface area contributed by atoms with E-state index in [1.807, 2.05) is 0 Å². The Morgan fingerprint density at radius 3 is 1.25 bits per heavy atom. The lowest BCUT2D eigenvalue weighted by molar-refractivity contribution is -0.379. The van der Waals surface area contributed by atoms with Gasteiger partial charge in [0.15, 0.2) is 18.9 Å². The smallest absolute Gasteiger partial charge is 0.217 e. The lowest BCUT2D eigenvalue weighted by Crippen LogP contribution is -2.66. The Labute approximate surface area is 448 Å². The van der Waals surface area contributed by atoms with Crippen LogP contribution >= 0.6 is 0 Å². The number of rotatable bonds is 42. The summed E-state index contributed by atoms with van der Waals surface area (Å²) in [4.78, 5) is 12.1. The van der Waals surface area contributed by atoms with Gasteiger partial charge in [-0.05, 0) is 25.7 Å². The first-order valence-corrected chi connectivity index (χ1v) is 29.0. The Morgan fingerprint density at radius 2 is 0.827 bits per heavy atom. The standard InChI is InChI=1S/C56H103NO18/c1-3-4-5-6-7-8-9-10-11-12-13-14-15-16-17-18-19-20-21-22-23-24-25-26-27-28-29-30-31-32-33-34-41(62)40(57-39(2)61)38-70-54-50(68)47(65)52(43(36-59)72-54)75-56-51(69)48(66)53(44(37-60)73-56)74-55-49(67)46(64)45(63)42(35-58)71-55/h29-30,33-34,40-56,58-60,62-69H,3-28,31-32,35-38H2,1-2H3,(H,57,61)/b30-29+,34-33+. The summed E-state index contributed by atoms with van der Waals surface area (Å²) >= 11 is 0. The molecule has 17 unspecified atom stereocenters. The molecule has 0 aromatic rings. The van der Waals surface area contributed by atoms with E-state index in [9.17, 15) is 61.0 Å². The van der Waals surface area contributed by atoms with Crippen LogP contribution in [0.5, 0.6) is 0 Å². The number of amides is 1. The van der Waals surface area contributed by atoms with Crippen LogP contribution in [0.1, 0.15) is 194 Å². The topological polar surface area (TPSA) is 307 Å². The average molecular weight is 1080 g/mol. The second-order valence-electron chi connectivity index (χ2n) is 21.2. The van der Waals surface area contributed by atoms with Crippen molar-refractivity contribution in [3.05, 3.63) is 24.3 Å². The van der Waals surface area contributed by atoms with E-state index in [4.69, 9.17) is 28.4 Å². The summed E-state index contributed by atoms with van der Waals surface area (Å²) in [5, 5.41) is 118. The van der Waals surface area contributed by atoms with Crippen molar-refractivity contribution in [1.82, 2.24) is 5.32 Å². The summed E-state index contributed by atoms with van der Waals surface area (Å²) in [7, 11) is 0. The first-order chi connectivity index (χ1) is 36.3. The average Bonchev–Trinajstić information content (AvgIpc) is 3.40. The van der Waals surface area contributed by atoms with Gasteiger partial charge in [-0.15, -0.1) is 0 Å². The molecule has 75 heavy (non-hydrogen) atoms. The summed E-state index contributed by atoms with van der Waals surface area (Å²) in [6, 6.07) is -0.988. The van der Waals surface area contributed by atoms with E-state index in [2.05, 4.69) is 24.4 Å². The SMILES string of the molecule is CCCCCCCCCCCCCCCCCCCCCCCCCCC/C=C/CC/C=C/C(O)C(COC1OC(CO)C(OC2OC(CO)C(OC3OC(CO)C(O)C(O)C3O)C(O)C2O)C(O)C1O)NC(C)=O. The van der Waals surface area contributed by atoms with Crippen molar-refractivity contribution in [2.45, 2.75) is 298 Å². The van der Waals surface area contributed by atoms with Crippen molar-refractivity contribution in [2.24, 2.45) is 0 Å². The van der Waals surface area contributed by atoms with Gasteiger partial charge in [-0.1, -0.05) is 185 Å². The van der Waals surface area contributed by atoms with Crippen LogP contribution in [-0.4, -0.2) is 193 Å². The molecule has 3 aliphatic rings. The summed E-state index contributed by atoms with van der Waals surface area (Å²) < 4.78 is 33.7. The minimum Gasteiger partial charge on any atom is -0.394 e. The van der Waals surface area contributed by atoms with Crippen LogP contribution in [0.25, 0.3) is 0 Å². The second-order valence-corrected chi connectivity index (χ2v) is 21.2. The first-order valence-electron chi connectivity index (χ1n) is 29.0. The van der Waals surface area contributed by atoms with E-state index in [0.29, 0.717) is 6.42 Å². The number of nitrogens with one attached hydrogen (secondary N) is 1. The molecule has 0 radical (unpaired) electrons. The van der Waals surface area contributed by atoms with Crippen molar-refractivity contribution in [2.75, 3.05) is 26.4 Å². The molecule has 0 aliphatic carbocycles. The summed E-state index contributed by atoms with van der Waals surface area (Å²) in [6.07, 6.45) is 17.7. The maximum absolute atomic E-state index is 12.1. The van der Waals surface area contributed by atoms with Gasteiger partial charge in [-0.25, -0.2) is 0 Å². The van der Waals surface area contributed by atoms with Gasteiger partial charge in [0.05, 0.1) is 38.6 Å². The molecular weight excluding hydrogens is 975 g/mol. The van der Waals surface area contributed by atoms with E-state index in [1.165, 1.54) is 167 Å². The molecule has 0 aromatic heterocycles. The van der Waals surface area contributed by atoms with Gasteiger partial charge >= 0.3 is 0 Å². The monoisotopic (exact) mass is 1080 g/mol. The van der Waals surface area contributed by atoms with E-state index in [0.717, 1.165) is 19.3 Å². The fourth-order valence-corrected chi connectivity index (χ4v) is 10.1. The highest BCUT2D eigenvalue weighted by molar-refractivity contribution is 5.73. The first kappa shape index (κ1) is 67.5. The molecule has 0 aromatic carbocycles. The zero-order valence-corrected chi connectivity index (χ0v) is 45.5. The summed E-state index contributed by atoms with van der Waals surface area (Å²) in [6.45, 7) is 0.739. The molecule has 17 atom stereocenters. The van der Waals surface area contributed by atoms with Crippen LogP contribution in [-0.2, 0) is 33.2 Å². The largest absolute Gasteiger partial charge is 0.394 e. The quantitative estimate of drug-likeness (QED) is 0.0298. The van der Waals surface area contributed by atoms with Crippen LogP contribution in [0.4, 0.5) is 0 Å². The van der Waals surface area contributed by atoms with Crippen LogP contribution in [0, 0.1) is 0 Å². The lowest BCUT2D eigenvalue weighted by Gasteiger charge is -2.48. The molecule has 12 N–H and O–H groups in total. The number of hydrogen-bond acceptors (Lipinski definition) is 18. The van der Waals surface area contributed by atoms with Gasteiger partial charge < -0.3 is 89.9 Å². The van der Waals surface area contributed by atoms with Gasteiger partial charge in [0.1, 0.15) is 73.2 Å². The normalized spacial score (nSPS) is 31.3. The summed E-state index contributed by atoms with van der Waals surface area (Å²) in [5.41, 5.74) is 0. The molecule has 3 fully saturated rings. The van der Waals surface area contributed by atoms with Gasteiger partial charge in [-0.3, -0.25) is 4.79 Å². The molecule has 0 spiro atoms. The predicted molar refractivity (Wildman–Crippen MR) is 282 cm³/mol. The fourth-order valence-electron chi connectivity index (χ4n) is 10.1. The second kappa shape index (κ2) is 40.4. The number of carbonyl (C=O) groups excluding carboxylic acids is 1. The van der Waals surface area contributed by atoms with Gasteiger partial charge in [-0.2, -0.15) is 0 Å². The minimum absolute atomic E-state index is 0.382. The molecule has 3 heterocycles. The third-order valence-corrected chi connectivity index (χ3v) is 14.8. The minimum atomic E-state index is -1.97. The molecule has 0 saturated carbocycles. The van der Waals surface area contributed by atoms with Gasteiger partial charge in [0.25, 0.3) is 0 Å². The van der Waals surface area contributed by atoms with Gasteiger partial charge in [0, 0.05) is 6.92 Å². The fraction of sp³-hybridized carbons (Fsp3) is 0.911. The van der Waals surface area contributed by atoms with E-state index in [-0.39, 0.29) is 6.61 Å². The highest BCUT2D eigenvalue weighted by Gasteiger charge is 2.53. The van der Waals surface area contributed by atoms with Crippen LogP contribution in [0.15, 0.2) is 24.3 Å². The van der Waals surface area contributed by atoms with Crippen LogP contribution in [0.2, 0.25) is 0 Å². The third kappa shape index (κ3) is 25.5.